The van der Waals surface area contributed by atoms with Gasteiger partial charge in [0.15, 0.2) is 0 Å². The van der Waals surface area contributed by atoms with Gasteiger partial charge in [-0.15, -0.1) is 0 Å². The first-order chi connectivity index (χ1) is 14.9. The summed E-state index contributed by atoms with van der Waals surface area (Å²) in [5, 5.41) is 0. The SMILES string of the molecule is COc1ccc(CCC(=O)N(C)Cc2nc(C)c3c(n2)N(CC2CC2)C(=O)CC3)cc1. The van der Waals surface area contributed by atoms with Crippen LogP contribution in [-0.4, -0.2) is 47.4 Å². The molecule has 2 aromatic rings. The average Bonchev–Trinajstić information content (AvgIpc) is 3.58. The van der Waals surface area contributed by atoms with E-state index in [1.54, 1.807) is 19.1 Å². The summed E-state index contributed by atoms with van der Waals surface area (Å²) in [7, 11) is 3.42. The quantitative estimate of drug-likeness (QED) is 0.654. The predicted octanol–water partition coefficient (Wildman–Crippen LogP) is 3.07. The minimum Gasteiger partial charge on any atom is -0.497 e. The van der Waals surface area contributed by atoms with Crippen molar-refractivity contribution in [1.29, 1.82) is 0 Å². The number of rotatable bonds is 8. The monoisotopic (exact) mass is 422 g/mol. The number of methoxy groups -OCH3 is 1. The van der Waals surface area contributed by atoms with Crippen molar-refractivity contribution in [3.05, 3.63) is 46.9 Å². The third-order valence-electron chi connectivity index (χ3n) is 6.11. The fourth-order valence-electron chi connectivity index (χ4n) is 3.99. The lowest BCUT2D eigenvalue weighted by molar-refractivity contribution is -0.130. The summed E-state index contributed by atoms with van der Waals surface area (Å²) in [6.45, 7) is 3.06. The molecule has 31 heavy (non-hydrogen) atoms. The molecule has 0 radical (unpaired) electrons. The molecular weight excluding hydrogens is 392 g/mol. The summed E-state index contributed by atoms with van der Waals surface area (Å²) in [6.07, 6.45) is 4.66. The molecule has 0 saturated heterocycles. The molecule has 164 valence electrons. The van der Waals surface area contributed by atoms with Crippen molar-refractivity contribution in [1.82, 2.24) is 14.9 Å². The van der Waals surface area contributed by atoms with Gasteiger partial charge < -0.3 is 9.64 Å². The second kappa shape index (κ2) is 9.04. The number of benzene rings is 1. The number of hydrogen-bond donors (Lipinski definition) is 0. The van der Waals surface area contributed by atoms with E-state index in [4.69, 9.17) is 9.72 Å². The molecule has 7 nitrogen and oxygen atoms in total. The van der Waals surface area contributed by atoms with Crippen LogP contribution in [0.3, 0.4) is 0 Å². The van der Waals surface area contributed by atoms with Gasteiger partial charge >= 0.3 is 0 Å². The Kier molecular flexibility index (Phi) is 6.20. The number of aromatic nitrogens is 2. The number of fused-ring (bicyclic) bond motifs is 1. The zero-order valence-corrected chi connectivity index (χ0v) is 18.6. The van der Waals surface area contributed by atoms with Crippen molar-refractivity contribution in [3.8, 4) is 5.75 Å². The second-order valence-corrected chi connectivity index (χ2v) is 8.57. The van der Waals surface area contributed by atoms with Gasteiger partial charge in [-0.1, -0.05) is 12.1 Å². The normalized spacial score (nSPS) is 15.6. The molecule has 1 aliphatic carbocycles. The molecule has 1 aromatic carbocycles. The third kappa shape index (κ3) is 5.03. The van der Waals surface area contributed by atoms with Crippen LogP contribution >= 0.6 is 0 Å². The Morgan fingerprint density at radius 3 is 2.61 bits per heavy atom. The van der Waals surface area contributed by atoms with Gasteiger partial charge in [0, 0.05) is 37.7 Å². The Morgan fingerprint density at radius 1 is 1.19 bits per heavy atom. The van der Waals surface area contributed by atoms with Crippen LogP contribution in [0.2, 0.25) is 0 Å². The summed E-state index contributed by atoms with van der Waals surface area (Å²) < 4.78 is 5.17. The van der Waals surface area contributed by atoms with Gasteiger partial charge in [-0.2, -0.15) is 0 Å². The Labute approximate surface area is 183 Å². The van der Waals surface area contributed by atoms with Crippen LogP contribution in [0.5, 0.6) is 5.75 Å². The zero-order valence-electron chi connectivity index (χ0n) is 18.6. The molecule has 2 amide bonds. The minimum atomic E-state index is 0.0423. The molecule has 0 atom stereocenters. The summed E-state index contributed by atoms with van der Waals surface area (Å²) >= 11 is 0. The topological polar surface area (TPSA) is 75.6 Å². The smallest absolute Gasteiger partial charge is 0.228 e. The first-order valence-electron chi connectivity index (χ1n) is 11.0. The highest BCUT2D eigenvalue weighted by Crippen LogP contribution is 2.35. The Morgan fingerprint density at radius 2 is 1.94 bits per heavy atom. The Hall–Kier alpha value is -2.96. The van der Waals surface area contributed by atoms with E-state index in [0.717, 1.165) is 34.9 Å². The largest absolute Gasteiger partial charge is 0.497 e. The minimum absolute atomic E-state index is 0.0423. The lowest BCUT2D eigenvalue weighted by Gasteiger charge is -2.29. The number of anilines is 1. The average molecular weight is 423 g/mol. The van der Waals surface area contributed by atoms with Gasteiger partial charge in [-0.3, -0.25) is 14.5 Å². The number of carbonyl (C=O) groups excluding carboxylic acids is 2. The van der Waals surface area contributed by atoms with E-state index in [1.807, 2.05) is 36.1 Å². The zero-order chi connectivity index (χ0) is 22.0. The molecule has 0 N–H and O–H groups in total. The summed E-state index contributed by atoms with van der Waals surface area (Å²) in [5.74, 6) is 2.93. The summed E-state index contributed by atoms with van der Waals surface area (Å²) in [6, 6.07) is 7.77. The van der Waals surface area contributed by atoms with Crippen molar-refractivity contribution in [3.63, 3.8) is 0 Å². The van der Waals surface area contributed by atoms with E-state index in [1.165, 1.54) is 12.8 Å². The molecule has 2 heterocycles. The van der Waals surface area contributed by atoms with Crippen LogP contribution < -0.4 is 9.64 Å². The maximum absolute atomic E-state index is 12.7. The standard InChI is InChI=1S/C24H30N4O3/c1-16-20-11-13-23(30)28(14-18-4-5-18)24(20)26-21(25-16)15-27(2)22(29)12-8-17-6-9-19(31-3)10-7-17/h6-7,9-10,18H,4-5,8,11-15H2,1-3H3. The number of ether oxygens (including phenoxy) is 1. The van der Waals surface area contributed by atoms with Gasteiger partial charge in [0.1, 0.15) is 17.4 Å². The van der Waals surface area contributed by atoms with Crippen molar-refractivity contribution in [2.75, 3.05) is 25.6 Å². The fourth-order valence-corrected chi connectivity index (χ4v) is 3.99. The van der Waals surface area contributed by atoms with Crippen molar-refractivity contribution < 1.29 is 14.3 Å². The molecule has 2 aliphatic rings. The molecule has 1 saturated carbocycles. The highest BCUT2D eigenvalue weighted by Gasteiger charge is 2.33. The van der Waals surface area contributed by atoms with E-state index in [9.17, 15) is 9.59 Å². The first kappa shape index (κ1) is 21.3. The number of aryl methyl sites for hydroxylation is 2. The summed E-state index contributed by atoms with van der Waals surface area (Å²) in [4.78, 5) is 38.1. The van der Waals surface area contributed by atoms with Crippen molar-refractivity contribution in [2.45, 2.75) is 52.0 Å². The van der Waals surface area contributed by atoms with E-state index in [-0.39, 0.29) is 11.8 Å². The maximum Gasteiger partial charge on any atom is 0.228 e. The van der Waals surface area contributed by atoms with Crippen LogP contribution in [0.4, 0.5) is 5.82 Å². The van der Waals surface area contributed by atoms with Crippen molar-refractivity contribution >= 4 is 17.6 Å². The lowest BCUT2D eigenvalue weighted by Crippen LogP contribution is -2.38. The van der Waals surface area contributed by atoms with Crippen LogP contribution in [0.15, 0.2) is 24.3 Å². The van der Waals surface area contributed by atoms with Gasteiger partial charge in [0.25, 0.3) is 0 Å². The summed E-state index contributed by atoms with van der Waals surface area (Å²) in [5.41, 5.74) is 3.07. The van der Waals surface area contributed by atoms with Crippen LogP contribution in [0, 0.1) is 12.8 Å². The van der Waals surface area contributed by atoms with E-state index in [2.05, 4.69) is 4.98 Å². The van der Waals surface area contributed by atoms with E-state index >= 15 is 0 Å². The van der Waals surface area contributed by atoms with Crippen LogP contribution in [0.25, 0.3) is 0 Å². The van der Waals surface area contributed by atoms with Gasteiger partial charge in [0.2, 0.25) is 11.8 Å². The van der Waals surface area contributed by atoms with E-state index < -0.39 is 0 Å². The molecule has 4 rings (SSSR count). The Bertz CT molecular complexity index is 970. The molecule has 0 spiro atoms. The van der Waals surface area contributed by atoms with Crippen LogP contribution in [-0.2, 0) is 29.0 Å². The van der Waals surface area contributed by atoms with Gasteiger partial charge in [-0.25, -0.2) is 9.97 Å². The number of hydrogen-bond acceptors (Lipinski definition) is 5. The maximum atomic E-state index is 12.7. The lowest BCUT2D eigenvalue weighted by atomic mass is 10.0. The number of nitrogens with zero attached hydrogens (tertiary/aromatic N) is 4. The molecule has 7 heteroatoms. The molecule has 1 aromatic heterocycles. The third-order valence-corrected chi connectivity index (χ3v) is 6.11. The van der Waals surface area contributed by atoms with Crippen molar-refractivity contribution in [2.24, 2.45) is 5.92 Å². The van der Waals surface area contributed by atoms with Crippen LogP contribution in [0.1, 0.15) is 48.3 Å². The highest BCUT2D eigenvalue weighted by atomic mass is 16.5. The first-order valence-corrected chi connectivity index (χ1v) is 11.0. The van der Waals surface area contributed by atoms with E-state index in [0.29, 0.717) is 44.0 Å². The second-order valence-electron chi connectivity index (χ2n) is 8.57. The van der Waals surface area contributed by atoms with Gasteiger partial charge in [-0.05, 0) is 56.2 Å². The molecule has 0 bridgehead atoms. The highest BCUT2D eigenvalue weighted by molar-refractivity contribution is 5.95. The molecule has 1 fully saturated rings. The molecular formula is C24H30N4O3. The number of amides is 2. The van der Waals surface area contributed by atoms with Gasteiger partial charge in [0.05, 0.1) is 13.7 Å². The molecule has 1 aliphatic heterocycles. The Balaban J connectivity index is 1.42. The fraction of sp³-hybridized carbons (Fsp3) is 0.500. The number of carbonyl (C=O) groups is 2. The predicted molar refractivity (Wildman–Crippen MR) is 118 cm³/mol. The molecule has 0 unspecified atom stereocenters.